The molecule has 0 aliphatic carbocycles. The highest BCUT2D eigenvalue weighted by atomic mass is 35.5. The van der Waals surface area contributed by atoms with Crippen LogP contribution >= 0.6 is 11.6 Å². The first-order valence-corrected chi connectivity index (χ1v) is 9.68. The molecule has 1 aromatic rings. The molecule has 7 heteroatoms. The highest BCUT2D eigenvalue weighted by molar-refractivity contribution is 6.31. The Bertz CT molecular complexity index is 551. The summed E-state index contributed by atoms with van der Waals surface area (Å²) < 4.78 is 11.0. The number of aliphatic hydroxyl groups is 1. The van der Waals surface area contributed by atoms with Crippen LogP contribution in [0.25, 0.3) is 0 Å². The third kappa shape index (κ3) is 7.50. The maximum Gasteiger partial charge on any atom is 0.191 e. The minimum Gasteiger partial charge on any atom is -0.386 e. The number of guanidine groups is 1. The summed E-state index contributed by atoms with van der Waals surface area (Å²) in [7, 11) is 0. The molecule has 0 aromatic heterocycles. The summed E-state index contributed by atoms with van der Waals surface area (Å²) in [4.78, 5) is 4.44. The van der Waals surface area contributed by atoms with E-state index in [0.717, 1.165) is 45.8 Å². The van der Waals surface area contributed by atoms with E-state index in [2.05, 4.69) is 15.6 Å². The average Bonchev–Trinajstić information content (AvgIpc) is 3.16. The summed E-state index contributed by atoms with van der Waals surface area (Å²) in [5.41, 5.74) is 0.693. The number of ether oxygens (including phenoxy) is 2. The van der Waals surface area contributed by atoms with E-state index >= 15 is 0 Å². The van der Waals surface area contributed by atoms with Crippen LogP contribution in [0.4, 0.5) is 0 Å². The van der Waals surface area contributed by atoms with Crippen molar-refractivity contribution in [2.24, 2.45) is 10.9 Å². The second-order valence-corrected chi connectivity index (χ2v) is 6.75. The molecular weight excluding hydrogens is 354 g/mol. The second kappa shape index (κ2) is 12.1. The van der Waals surface area contributed by atoms with Gasteiger partial charge in [0.05, 0.1) is 19.8 Å². The highest BCUT2D eigenvalue weighted by Crippen LogP contribution is 2.22. The zero-order valence-electron chi connectivity index (χ0n) is 15.4. The third-order valence-corrected chi connectivity index (χ3v) is 4.51. The van der Waals surface area contributed by atoms with Crippen LogP contribution in [0.5, 0.6) is 0 Å². The lowest BCUT2D eigenvalue weighted by Crippen LogP contribution is -2.38. The number of benzene rings is 1. The van der Waals surface area contributed by atoms with E-state index < -0.39 is 6.10 Å². The van der Waals surface area contributed by atoms with E-state index in [-0.39, 0.29) is 6.54 Å². The lowest BCUT2D eigenvalue weighted by atomic mass is 10.1. The predicted molar refractivity (Wildman–Crippen MR) is 105 cm³/mol. The molecule has 0 spiro atoms. The van der Waals surface area contributed by atoms with Crippen LogP contribution in [0.1, 0.15) is 31.4 Å². The Balaban J connectivity index is 1.67. The van der Waals surface area contributed by atoms with Crippen molar-refractivity contribution in [3.63, 3.8) is 0 Å². The first-order valence-electron chi connectivity index (χ1n) is 9.30. The molecule has 2 unspecified atom stereocenters. The summed E-state index contributed by atoms with van der Waals surface area (Å²) in [5.74, 6) is 1.23. The molecule has 0 radical (unpaired) electrons. The van der Waals surface area contributed by atoms with Crippen LogP contribution in [-0.2, 0) is 9.47 Å². The Hall–Kier alpha value is -1.34. The van der Waals surface area contributed by atoms with E-state index in [1.54, 1.807) is 6.07 Å². The number of halogens is 1. The molecule has 26 heavy (non-hydrogen) atoms. The van der Waals surface area contributed by atoms with Gasteiger partial charge in [-0.3, -0.25) is 4.99 Å². The van der Waals surface area contributed by atoms with Crippen LogP contribution in [0.15, 0.2) is 29.3 Å². The Morgan fingerprint density at radius 1 is 1.42 bits per heavy atom. The fourth-order valence-electron chi connectivity index (χ4n) is 2.71. The van der Waals surface area contributed by atoms with Gasteiger partial charge in [0.25, 0.3) is 0 Å². The monoisotopic (exact) mass is 383 g/mol. The van der Waals surface area contributed by atoms with Gasteiger partial charge in [-0.1, -0.05) is 29.8 Å². The van der Waals surface area contributed by atoms with Crippen molar-refractivity contribution >= 4 is 17.6 Å². The molecule has 0 saturated carbocycles. The first kappa shape index (κ1) is 21.0. The molecule has 2 atom stereocenters. The quantitative estimate of drug-likeness (QED) is 0.328. The number of hydrogen-bond acceptors (Lipinski definition) is 4. The number of aliphatic imine (C=N–C) groups is 1. The minimum absolute atomic E-state index is 0.247. The second-order valence-electron chi connectivity index (χ2n) is 6.34. The molecule has 1 aliphatic heterocycles. The highest BCUT2D eigenvalue weighted by Gasteiger charge is 2.15. The Kier molecular flexibility index (Phi) is 9.77. The maximum absolute atomic E-state index is 10.3. The van der Waals surface area contributed by atoms with Crippen LogP contribution in [0, 0.1) is 5.92 Å². The van der Waals surface area contributed by atoms with Crippen LogP contribution in [0.2, 0.25) is 5.02 Å². The van der Waals surface area contributed by atoms with Gasteiger partial charge in [-0.2, -0.15) is 0 Å². The molecule has 1 saturated heterocycles. The van der Waals surface area contributed by atoms with Gasteiger partial charge < -0.3 is 25.2 Å². The van der Waals surface area contributed by atoms with Crippen LogP contribution in [0.3, 0.4) is 0 Å². The fourth-order valence-corrected chi connectivity index (χ4v) is 2.97. The number of nitrogens with one attached hydrogen (secondary N) is 2. The standard InChI is InChI=1S/C19H30ClN3O3/c1-2-21-19(22-9-5-10-25-13-15-8-11-26-14-15)23-12-18(24)16-6-3-4-7-17(16)20/h3-4,6-7,15,18,24H,2,5,8-14H2,1H3,(H2,21,22,23). The number of nitrogens with zero attached hydrogens (tertiary/aromatic N) is 1. The van der Waals surface area contributed by atoms with Crippen LogP contribution < -0.4 is 10.6 Å². The van der Waals surface area contributed by atoms with E-state index in [4.69, 9.17) is 21.1 Å². The molecule has 3 N–H and O–H groups in total. The van der Waals surface area contributed by atoms with Crippen molar-refractivity contribution < 1.29 is 14.6 Å². The van der Waals surface area contributed by atoms with Gasteiger partial charge in [0.15, 0.2) is 5.96 Å². The SMILES string of the molecule is CCNC(=NCC(O)c1ccccc1Cl)NCCCOCC1CCOC1. The average molecular weight is 384 g/mol. The topological polar surface area (TPSA) is 75.1 Å². The molecule has 1 fully saturated rings. The smallest absolute Gasteiger partial charge is 0.191 e. The lowest BCUT2D eigenvalue weighted by molar-refractivity contribution is 0.0888. The Morgan fingerprint density at radius 2 is 2.27 bits per heavy atom. The van der Waals surface area contributed by atoms with Gasteiger partial charge in [0, 0.05) is 42.8 Å². The summed E-state index contributed by atoms with van der Waals surface area (Å²) in [6, 6.07) is 7.28. The fraction of sp³-hybridized carbons (Fsp3) is 0.632. The van der Waals surface area contributed by atoms with Crippen LogP contribution in [-0.4, -0.2) is 57.1 Å². The van der Waals surface area contributed by atoms with Gasteiger partial charge in [0.1, 0.15) is 6.10 Å². The summed E-state index contributed by atoms with van der Waals surface area (Å²) in [6.45, 7) is 6.94. The molecule has 1 aliphatic rings. The minimum atomic E-state index is -0.726. The summed E-state index contributed by atoms with van der Waals surface area (Å²) in [6.07, 6.45) is 1.27. The van der Waals surface area contributed by atoms with E-state index in [1.165, 1.54) is 0 Å². The van der Waals surface area contributed by atoms with E-state index in [9.17, 15) is 5.11 Å². The van der Waals surface area contributed by atoms with Crippen molar-refractivity contribution in [1.82, 2.24) is 10.6 Å². The largest absolute Gasteiger partial charge is 0.386 e. The maximum atomic E-state index is 10.3. The van der Waals surface area contributed by atoms with Gasteiger partial charge in [-0.05, 0) is 25.8 Å². The Morgan fingerprint density at radius 3 is 3.00 bits per heavy atom. The van der Waals surface area contributed by atoms with Gasteiger partial charge in [0.2, 0.25) is 0 Å². The number of rotatable bonds is 10. The van der Waals surface area contributed by atoms with Crippen molar-refractivity contribution in [2.75, 3.05) is 46.1 Å². The molecule has 146 valence electrons. The van der Waals surface area contributed by atoms with E-state index in [0.29, 0.717) is 29.1 Å². The van der Waals surface area contributed by atoms with Crippen molar-refractivity contribution in [2.45, 2.75) is 25.9 Å². The number of aliphatic hydroxyl groups excluding tert-OH is 1. The number of hydrogen-bond donors (Lipinski definition) is 3. The molecule has 2 rings (SSSR count). The third-order valence-electron chi connectivity index (χ3n) is 4.17. The molecule has 6 nitrogen and oxygen atoms in total. The van der Waals surface area contributed by atoms with Gasteiger partial charge in [-0.15, -0.1) is 0 Å². The summed E-state index contributed by atoms with van der Waals surface area (Å²) >= 11 is 6.11. The zero-order valence-corrected chi connectivity index (χ0v) is 16.2. The Labute approximate surface area is 160 Å². The molecule has 0 bridgehead atoms. The molecule has 0 amide bonds. The zero-order chi connectivity index (χ0) is 18.6. The molecule has 1 aromatic carbocycles. The van der Waals surface area contributed by atoms with Crippen molar-refractivity contribution in [3.05, 3.63) is 34.9 Å². The molecule has 1 heterocycles. The van der Waals surface area contributed by atoms with Gasteiger partial charge >= 0.3 is 0 Å². The first-order chi connectivity index (χ1) is 12.7. The van der Waals surface area contributed by atoms with Crippen molar-refractivity contribution in [1.29, 1.82) is 0 Å². The normalized spacial score (nSPS) is 18.7. The van der Waals surface area contributed by atoms with Gasteiger partial charge in [-0.25, -0.2) is 0 Å². The predicted octanol–water partition coefficient (Wildman–Crippen LogP) is 2.37. The van der Waals surface area contributed by atoms with Crippen molar-refractivity contribution in [3.8, 4) is 0 Å². The molecular formula is C19H30ClN3O3. The summed E-state index contributed by atoms with van der Waals surface area (Å²) in [5, 5.41) is 17.3. The van der Waals surface area contributed by atoms with E-state index in [1.807, 2.05) is 25.1 Å². The lowest BCUT2D eigenvalue weighted by Gasteiger charge is -2.14.